The first-order chi connectivity index (χ1) is 10.2. The maximum Gasteiger partial charge on any atom is 0.306 e. The summed E-state index contributed by atoms with van der Waals surface area (Å²) in [5, 5.41) is 0. The number of hydrogen-bond donors (Lipinski definition) is 0. The predicted molar refractivity (Wildman–Crippen MR) is 79.6 cm³/mol. The van der Waals surface area contributed by atoms with Crippen molar-refractivity contribution in [2.75, 3.05) is 18.1 Å². The molecule has 1 aliphatic carbocycles. The zero-order chi connectivity index (χ0) is 14.8. The van der Waals surface area contributed by atoms with E-state index in [1.165, 1.54) is 6.07 Å². The standard InChI is InChI=1S/C17H22FNO2/c1-2-21-17(20)10-13-9-14-8-7-12(13)11-19(14)16-6-4-3-5-15(16)18/h3-6,12-14H,2,7-11H2,1H3. The van der Waals surface area contributed by atoms with Crippen LogP contribution in [0.25, 0.3) is 0 Å². The number of carbonyl (C=O) groups is 1. The third-order valence-corrected chi connectivity index (χ3v) is 4.88. The van der Waals surface area contributed by atoms with Gasteiger partial charge >= 0.3 is 5.97 Å². The Morgan fingerprint density at radius 2 is 2.19 bits per heavy atom. The van der Waals surface area contributed by atoms with E-state index in [1.54, 1.807) is 6.07 Å². The van der Waals surface area contributed by atoms with Gasteiger partial charge in [0.2, 0.25) is 0 Å². The summed E-state index contributed by atoms with van der Waals surface area (Å²) < 4.78 is 19.1. The van der Waals surface area contributed by atoms with Crippen molar-refractivity contribution in [2.24, 2.45) is 11.8 Å². The Morgan fingerprint density at radius 3 is 2.86 bits per heavy atom. The second kappa shape index (κ2) is 6.04. The molecule has 3 atom stereocenters. The second-order valence-electron chi connectivity index (χ2n) is 6.10. The van der Waals surface area contributed by atoms with Crippen molar-refractivity contribution in [1.82, 2.24) is 0 Å². The van der Waals surface area contributed by atoms with Crippen molar-refractivity contribution in [1.29, 1.82) is 0 Å². The molecular formula is C17H22FNO2. The van der Waals surface area contributed by atoms with Crippen LogP contribution in [0.4, 0.5) is 10.1 Å². The van der Waals surface area contributed by atoms with Gasteiger partial charge in [-0.25, -0.2) is 4.39 Å². The van der Waals surface area contributed by atoms with E-state index in [9.17, 15) is 9.18 Å². The number of benzene rings is 1. The quantitative estimate of drug-likeness (QED) is 0.796. The molecule has 3 unspecified atom stereocenters. The molecular weight excluding hydrogens is 269 g/mol. The lowest BCUT2D eigenvalue weighted by molar-refractivity contribution is -0.145. The molecule has 21 heavy (non-hydrogen) atoms. The molecule has 0 N–H and O–H groups in total. The lowest BCUT2D eigenvalue weighted by Crippen LogP contribution is -2.52. The number of ether oxygens (including phenoxy) is 1. The fourth-order valence-electron chi connectivity index (χ4n) is 3.89. The zero-order valence-electron chi connectivity index (χ0n) is 12.4. The third-order valence-electron chi connectivity index (χ3n) is 4.88. The van der Waals surface area contributed by atoms with Crippen molar-refractivity contribution < 1.29 is 13.9 Å². The van der Waals surface area contributed by atoms with Gasteiger partial charge in [0, 0.05) is 19.0 Å². The molecule has 2 bridgehead atoms. The molecule has 0 amide bonds. The van der Waals surface area contributed by atoms with Crippen LogP contribution in [-0.4, -0.2) is 25.2 Å². The van der Waals surface area contributed by atoms with E-state index in [-0.39, 0.29) is 11.8 Å². The Balaban J connectivity index is 1.70. The smallest absolute Gasteiger partial charge is 0.306 e. The van der Waals surface area contributed by atoms with Crippen LogP contribution in [0.5, 0.6) is 0 Å². The summed E-state index contributed by atoms with van der Waals surface area (Å²) in [5.41, 5.74) is 0.710. The molecule has 4 rings (SSSR count). The summed E-state index contributed by atoms with van der Waals surface area (Å²) in [6.45, 7) is 3.14. The number of anilines is 1. The molecule has 1 aromatic carbocycles. The molecule has 0 spiro atoms. The van der Waals surface area contributed by atoms with E-state index in [2.05, 4.69) is 4.90 Å². The van der Waals surface area contributed by atoms with Gasteiger partial charge in [0.25, 0.3) is 0 Å². The summed E-state index contributed by atoms with van der Waals surface area (Å²) in [7, 11) is 0. The Morgan fingerprint density at radius 1 is 1.38 bits per heavy atom. The first kappa shape index (κ1) is 14.4. The molecule has 114 valence electrons. The van der Waals surface area contributed by atoms with Gasteiger partial charge in [0.1, 0.15) is 5.82 Å². The number of carbonyl (C=O) groups excluding carboxylic acids is 1. The van der Waals surface area contributed by atoms with E-state index >= 15 is 0 Å². The van der Waals surface area contributed by atoms with Crippen molar-refractivity contribution in [3.05, 3.63) is 30.1 Å². The second-order valence-corrected chi connectivity index (χ2v) is 6.10. The molecule has 3 aliphatic rings. The number of piperidine rings is 2. The van der Waals surface area contributed by atoms with Crippen LogP contribution in [-0.2, 0) is 9.53 Å². The monoisotopic (exact) mass is 291 g/mol. The fourth-order valence-corrected chi connectivity index (χ4v) is 3.89. The van der Waals surface area contributed by atoms with Gasteiger partial charge < -0.3 is 9.64 Å². The number of fused-ring (bicyclic) bond motifs is 3. The minimum atomic E-state index is -0.146. The summed E-state index contributed by atoms with van der Waals surface area (Å²) in [6.07, 6.45) is 3.72. The Bertz CT molecular complexity index is 519. The summed E-state index contributed by atoms with van der Waals surface area (Å²) in [6, 6.07) is 7.34. The highest BCUT2D eigenvalue weighted by Crippen LogP contribution is 2.43. The van der Waals surface area contributed by atoms with Crippen LogP contribution in [0.15, 0.2) is 24.3 Å². The normalized spacial score (nSPS) is 27.7. The van der Waals surface area contributed by atoms with Gasteiger partial charge in [-0.3, -0.25) is 4.79 Å². The average molecular weight is 291 g/mol. The lowest BCUT2D eigenvalue weighted by atomic mass is 9.70. The zero-order valence-corrected chi connectivity index (χ0v) is 12.4. The Hall–Kier alpha value is -1.58. The molecule has 2 aliphatic heterocycles. The molecule has 0 aromatic heterocycles. The van der Waals surface area contributed by atoms with Crippen LogP contribution in [0.3, 0.4) is 0 Å². The van der Waals surface area contributed by atoms with E-state index < -0.39 is 0 Å². The van der Waals surface area contributed by atoms with Crippen LogP contribution >= 0.6 is 0 Å². The molecule has 1 saturated carbocycles. The van der Waals surface area contributed by atoms with Crippen molar-refractivity contribution in [2.45, 2.75) is 38.6 Å². The van der Waals surface area contributed by atoms with E-state index in [4.69, 9.17) is 4.74 Å². The van der Waals surface area contributed by atoms with Crippen LogP contribution in [0, 0.1) is 17.7 Å². The fraction of sp³-hybridized carbons (Fsp3) is 0.588. The van der Waals surface area contributed by atoms with E-state index in [1.807, 2.05) is 19.1 Å². The number of rotatable bonds is 4. The highest BCUT2D eigenvalue weighted by Gasteiger charge is 2.41. The van der Waals surface area contributed by atoms with Crippen molar-refractivity contribution >= 4 is 11.7 Å². The average Bonchev–Trinajstić information content (AvgIpc) is 2.48. The molecule has 2 heterocycles. The SMILES string of the molecule is CCOC(=O)CC1CC2CCC1CN2c1ccccc1F. The number of para-hydroxylation sites is 1. The lowest BCUT2D eigenvalue weighted by Gasteiger charge is -2.50. The highest BCUT2D eigenvalue weighted by atomic mass is 19.1. The Kier molecular flexibility index (Phi) is 4.13. The van der Waals surface area contributed by atoms with Gasteiger partial charge in [0.05, 0.1) is 12.3 Å². The maximum atomic E-state index is 14.0. The van der Waals surface area contributed by atoms with Crippen LogP contribution in [0.1, 0.15) is 32.6 Å². The number of halogens is 1. The minimum absolute atomic E-state index is 0.0903. The van der Waals surface area contributed by atoms with Crippen molar-refractivity contribution in [3.63, 3.8) is 0 Å². The van der Waals surface area contributed by atoms with Gasteiger partial charge in [-0.05, 0) is 50.2 Å². The van der Waals surface area contributed by atoms with Crippen LogP contribution < -0.4 is 4.90 Å². The van der Waals surface area contributed by atoms with Crippen molar-refractivity contribution in [3.8, 4) is 0 Å². The maximum absolute atomic E-state index is 14.0. The molecule has 3 fully saturated rings. The molecule has 2 saturated heterocycles. The largest absolute Gasteiger partial charge is 0.466 e. The Labute approximate surface area is 125 Å². The summed E-state index contributed by atoms with van der Waals surface area (Å²) in [4.78, 5) is 13.9. The van der Waals surface area contributed by atoms with Gasteiger partial charge in [-0.2, -0.15) is 0 Å². The molecule has 3 nitrogen and oxygen atoms in total. The summed E-state index contributed by atoms with van der Waals surface area (Å²) >= 11 is 0. The van der Waals surface area contributed by atoms with Crippen LogP contribution in [0.2, 0.25) is 0 Å². The molecule has 1 aromatic rings. The van der Waals surface area contributed by atoms with E-state index in [0.717, 1.165) is 25.8 Å². The van der Waals surface area contributed by atoms with Gasteiger partial charge in [0.15, 0.2) is 0 Å². The third kappa shape index (κ3) is 2.89. The predicted octanol–water partition coefficient (Wildman–Crippen LogP) is 3.38. The topological polar surface area (TPSA) is 29.5 Å². The number of nitrogens with zero attached hydrogens (tertiary/aromatic N) is 1. The summed E-state index contributed by atoms with van der Waals surface area (Å²) in [5.74, 6) is 0.629. The highest BCUT2D eigenvalue weighted by molar-refractivity contribution is 5.69. The number of hydrogen-bond acceptors (Lipinski definition) is 3. The number of esters is 1. The van der Waals surface area contributed by atoms with Gasteiger partial charge in [-0.15, -0.1) is 0 Å². The first-order valence-electron chi connectivity index (χ1n) is 7.85. The minimum Gasteiger partial charge on any atom is -0.466 e. The first-order valence-corrected chi connectivity index (χ1v) is 7.85. The van der Waals surface area contributed by atoms with Gasteiger partial charge in [-0.1, -0.05) is 12.1 Å². The van der Waals surface area contributed by atoms with E-state index in [0.29, 0.717) is 36.6 Å². The molecule has 4 heteroatoms. The molecule has 0 radical (unpaired) electrons.